The molecule has 4 aromatic carbocycles. The molecule has 2 heterocycles. The summed E-state index contributed by atoms with van der Waals surface area (Å²) < 4.78 is 24.2. The minimum Gasteiger partial charge on any atom is -0.428 e. The summed E-state index contributed by atoms with van der Waals surface area (Å²) in [7, 11) is 0. The molecular weight excluding hydrogens is 793 g/mol. The lowest BCUT2D eigenvalue weighted by Gasteiger charge is -2.34. The summed E-state index contributed by atoms with van der Waals surface area (Å²) in [5.41, 5.74) is 4.24. The van der Waals surface area contributed by atoms with Gasteiger partial charge in [-0.15, -0.1) is 30.0 Å². The van der Waals surface area contributed by atoms with Crippen LogP contribution in [-0.4, -0.2) is 53.5 Å². The van der Waals surface area contributed by atoms with Gasteiger partial charge in [0.15, 0.2) is 11.5 Å². The maximum atomic E-state index is 13.8. The number of nitrogens with zero attached hydrogens (tertiary/aromatic N) is 6. The average Bonchev–Trinajstić information content (AvgIpc) is 3.74. The molecule has 63 heavy (non-hydrogen) atoms. The van der Waals surface area contributed by atoms with E-state index in [1.807, 2.05) is 60.7 Å². The first-order valence-electron chi connectivity index (χ1n) is 21.8. The lowest BCUT2D eigenvalue weighted by atomic mass is 9.71. The molecule has 0 saturated carbocycles. The van der Waals surface area contributed by atoms with Crippen LogP contribution in [0.1, 0.15) is 146 Å². The van der Waals surface area contributed by atoms with Gasteiger partial charge >= 0.3 is 12.3 Å². The van der Waals surface area contributed by atoms with E-state index >= 15 is 0 Å². The Labute approximate surface area is 372 Å². The van der Waals surface area contributed by atoms with Gasteiger partial charge in [0.25, 0.3) is 0 Å². The Hall–Kier alpha value is -5.78. The minimum absolute atomic E-state index is 0.0370. The summed E-state index contributed by atoms with van der Waals surface area (Å²) in [5.74, 6) is 0.402. The average molecular weight is 859 g/mol. The molecule has 0 saturated heterocycles. The first-order chi connectivity index (χ1) is 29.0. The largest absolute Gasteiger partial charge is 0.514 e. The van der Waals surface area contributed by atoms with Gasteiger partial charge < -0.3 is 18.9 Å². The highest BCUT2D eigenvalue weighted by Gasteiger charge is 2.34. The third kappa shape index (κ3) is 11.8. The molecule has 0 aliphatic carbocycles. The van der Waals surface area contributed by atoms with E-state index in [9.17, 15) is 9.59 Å². The van der Waals surface area contributed by atoms with Crippen molar-refractivity contribution in [2.45, 2.75) is 152 Å². The molecule has 0 aliphatic heterocycles. The van der Waals surface area contributed by atoms with Crippen LogP contribution in [0.3, 0.4) is 0 Å². The van der Waals surface area contributed by atoms with Crippen molar-refractivity contribution >= 4 is 34.4 Å². The fourth-order valence-corrected chi connectivity index (χ4v) is 8.63. The Morgan fingerprint density at radius 2 is 0.778 bits per heavy atom. The Morgan fingerprint density at radius 3 is 1.05 bits per heavy atom. The fourth-order valence-electron chi connectivity index (χ4n) is 8.63. The van der Waals surface area contributed by atoms with Crippen LogP contribution >= 0.6 is 0 Å². The zero-order valence-corrected chi connectivity index (χ0v) is 40.2. The second-order valence-electron chi connectivity index (χ2n) is 22.5. The third-order valence-electron chi connectivity index (χ3n) is 10.3. The highest BCUT2D eigenvalue weighted by molar-refractivity contribution is 5.76. The number of carbonyl (C=O) groups excluding carboxylic acids is 2. The van der Waals surface area contributed by atoms with Crippen LogP contribution in [-0.2, 0) is 26.7 Å². The van der Waals surface area contributed by atoms with Gasteiger partial charge in [-0.25, -0.2) is 9.59 Å². The van der Waals surface area contributed by atoms with Crippen molar-refractivity contribution in [2.24, 2.45) is 10.8 Å². The van der Waals surface area contributed by atoms with Crippen LogP contribution < -0.4 is 9.47 Å². The molecule has 0 N–H and O–H groups in total. The molecule has 0 spiro atoms. The zero-order valence-electron chi connectivity index (χ0n) is 40.2. The van der Waals surface area contributed by atoms with Gasteiger partial charge in [-0.3, -0.25) is 0 Å². The van der Waals surface area contributed by atoms with Crippen LogP contribution in [0.25, 0.3) is 33.4 Å². The third-order valence-corrected chi connectivity index (χ3v) is 10.3. The van der Waals surface area contributed by atoms with Crippen molar-refractivity contribution in [2.75, 3.05) is 0 Å². The molecule has 0 atom stereocenters. The van der Waals surface area contributed by atoms with Gasteiger partial charge in [-0.05, 0) is 124 Å². The molecule has 6 rings (SSSR count). The van der Waals surface area contributed by atoms with Crippen molar-refractivity contribution in [3.05, 3.63) is 95.1 Å². The monoisotopic (exact) mass is 859 g/mol. The van der Waals surface area contributed by atoms with E-state index in [1.54, 1.807) is 41.5 Å². The van der Waals surface area contributed by atoms with Crippen molar-refractivity contribution in [1.82, 2.24) is 30.0 Å². The second-order valence-corrected chi connectivity index (χ2v) is 22.5. The zero-order chi connectivity index (χ0) is 46.5. The van der Waals surface area contributed by atoms with E-state index in [4.69, 9.17) is 39.3 Å². The maximum Gasteiger partial charge on any atom is 0.514 e. The quantitative estimate of drug-likeness (QED) is 0.0968. The number of rotatable bonds is 10. The molecule has 0 unspecified atom stereocenters. The number of fused-ring (bicyclic) bond motifs is 2. The SMILES string of the molecule is CC(C)(C)CC(C)(C)c1cc(Cc2cc(C(C)(C)CC(C)(C)C)cc(-n3nc4ccccc4n3)c2OC(=O)OC(C)(C)C)c(OC(=O)OC(C)(C)C)c(-n2nc3ccccc3n2)c1. The molecule has 12 nitrogen and oxygen atoms in total. The lowest BCUT2D eigenvalue weighted by molar-refractivity contribution is 0.0193. The number of hydrogen-bond acceptors (Lipinski definition) is 10. The number of hydrogen-bond donors (Lipinski definition) is 0. The van der Waals surface area contributed by atoms with Gasteiger partial charge in [0, 0.05) is 17.5 Å². The van der Waals surface area contributed by atoms with E-state index < -0.39 is 23.5 Å². The molecule has 0 amide bonds. The van der Waals surface area contributed by atoms with Gasteiger partial charge in [0.1, 0.15) is 44.6 Å². The fraction of sp³-hybridized carbons (Fsp3) is 0.490. The molecule has 12 heteroatoms. The van der Waals surface area contributed by atoms with Crippen LogP contribution in [0.5, 0.6) is 11.5 Å². The summed E-state index contributed by atoms with van der Waals surface area (Å²) in [4.78, 5) is 30.7. The van der Waals surface area contributed by atoms with Crippen LogP contribution in [0, 0.1) is 10.8 Å². The molecule has 0 bridgehead atoms. The van der Waals surface area contributed by atoms with Crippen LogP contribution in [0.4, 0.5) is 9.59 Å². The maximum absolute atomic E-state index is 13.8. The summed E-state index contributed by atoms with van der Waals surface area (Å²) in [6.45, 7) is 32.9. The lowest BCUT2D eigenvalue weighted by Crippen LogP contribution is -2.28. The molecular formula is C51H66N6O6. The Kier molecular flexibility index (Phi) is 12.4. The molecule has 0 fully saturated rings. The van der Waals surface area contributed by atoms with Gasteiger partial charge in [-0.1, -0.05) is 106 Å². The summed E-state index contributed by atoms with van der Waals surface area (Å²) in [5, 5.41) is 19.5. The summed E-state index contributed by atoms with van der Waals surface area (Å²) in [6.07, 6.45) is -0.00223. The Morgan fingerprint density at radius 1 is 0.476 bits per heavy atom. The number of benzene rings is 4. The second kappa shape index (κ2) is 16.7. The van der Waals surface area contributed by atoms with Gasteiger partial charge in [-0.2, -0.15) is 0 Å². The van der Waals surface area contributed by atoms with Gasteiger partial charge in [0.05, 0.1) is 0 Å². The minimum atomic E-state index is -0.887. The highest BCUT2D eigenvalue weighted by atomic mass is 16.7. The standard InChI is InChI=1S/C51H66N6O6/c1-46(2,3)30-50(13,14)34-26-32(42(60-44(58)62-48(7,8)9)40(28-34)56-52-36-21-17-18-22-37(36)53-56)25-33-27-35(51(15,16)31-47(4,5)6)29-41(43(33)61-45(59)63-49(10,11)12)57-54-38-23-19-20-24-39(38)55-57/h17-24,26-29H,25,30-31H2,1-16H3. The molecule has 336 valence electrons. The predicted molar refractivity (Wildman–Crippen MR) is 248 cm³/mol. The van der Waals surface area contributed by atoms with E-state index in [0.717, 1.165) is 24.0 Å². The topological polar surface area (TPSA) is 132 Å². The normalized spacial score (nSPS) is 13.1. The van der Waals surface area contributed by atoms with Crippen molar-refractivity contribution in [3.63, 3.8) is 0 Å². The van der Waals surface area contributed by atoms with E-state index in [1.165, 1.54) is 9.59 Å². The highest BCUT2D eigenvalue weighted by Crippen LogP contribution is 2.44. The Bertz CT molecular complexity index is 2400. The predicted octanol–water partition coefficient (Wildman–Crippen LogP) is 12.8. The Balaban J connectivity index is 1.70. The first kappa shape index (κ1) is 46.7. The number of aromatic nitrogens is 6. The van der Waals surface area contributed by atoms with E-state index in [-0.39, 0.29) is 39.6 Å². The number of ether oxygens (including phenoxy) is 4. The molecule has 0 aliphatic rings. The smallest absolute Gasteiger partial charge is 0.428 e. The van der Waals surface area contributed by atoms with Crippen molar-refractivity contribution < 1.29 is 28.5 Å². The summed E-state index contributed by atoms with van der Waals surface area (Å²) in [6, 6.07) is 23.3. The van der Waals surface area contributed by atoms with E-state index in [2.05, 4.69) is 81.4 Å². The molecule has 6 aromatic rings. The van der Waals surface area contributed by atoms with Crippen LogP contribution in [0.15, 0.2) is 72.8 Å². The first-order valence-corrected chi connectivity index (χ1v) is 21.8. The van der Waals surface area contributed by atoms with Gasteiger partial charge in [0.2, 0.25) is 0 Å². The van der Waals surface area contributed by atoms with Crippen LogP contribution in [0.2, 0.25) is 0 Å². The van der Waals surface area contributed by atoms with Crippen molar-refractivity contribution in [1.29, 1.82) is 0 Å². The van der Waals surface area contributed by atoms with E-state index in [0.29, 0.717) is 44.6 Å². The molecule has 0 radical (unpaired) electrons. The van der Waals surface area contributed by atoms with Crippen molar-refractivity contribution in [3.8, 4) is 22.9 Å². The molecule has 2 aromatic heterocycles. The summed E-state index contributed by atoms with van der Waals surface area (Å²) >= 11 is 0. The number of carbonyl (C=O) groups is 2.